The number of rotatable bonds is 2. The number of ether oxygens (including phenoxy) is 1. The second-order valence-electron chi connectivity index (χ2n) is 8.60. The van der Waals surface area contributed by atoms with E-state index in [2.05, 4.69) is 35.8 Å². The summed E-state index contributed by atoms with van der Waals surface area (Å²) in [5.41, 5.74) is 1.71. The fraction of sp³-hybridized carbons (Fsp3) is 0.600. The van der Waals surface area contributed by atoms with Crippen LogP contribution in [0.1, 0.15) is 46.2 Å². The number of pyridine rings is 1. The first kappa shape index (κ1) is 20.1. The number of halogens is 1. The Hall–Kier alpha value is -2.16. The zero-order valence-corrected chi connectivity index (χ0v) is 18.7. The molecule has 1 N–H and O–H groups in total. The summed E-state index contributed by atoms with van der Waals surface area (Å²) in [5.74, 6) is 0. The van der Waals surface area contributed by atoms with Crippen LogP contribution in [0.4, 0.5) is 10.5 Å². The van der Waals surface area contributed by atoms with Crippen molar-refractivity contribution in [1.82, 2.24) is 19.9 Å². The third kappa shape index (κ3) is 3.60. The molecule has 1 saturated heterocycles. The average molecular weight is 464 g/mol. The van der Waals surface area contributed by atoms with Crippen molar-refractivity contribution in [3.63, 3.8) is 0 Å². The Labute approximate surface area is 177 Å². The standard InChI is InChI=1S/C20H26BrN5O3/c1-5-11-16(17(27)15-18(23-11)22-10-14(21)24-15)25-8-9-26(13-7-6-12(13)25)19(28)29-20(2,3)4/h10,12-13H,5-9H2,1-4H3,(H,22,23,27). The molecule has 29 heavy (non-hydrogen) atoms. The van der Waals surface area contributed by atoms with Crippen molar-refractivity contribution in [2.45, 2.75) is 64.6 Å². The van der Waals surface area contributed by atoms with Crippen LogP contribution in [0.5, 0.6) is 0 Å². The molecule has 8 nitrogen and oxygen atoms in total. The molecule has 2 atom stereocenters. The molecule has 3 heterocycles. The minimum absolute atomic E-state index is 0.0620. The molecule has 1 saturated carbocycles. The summed E-state index contributed by atoms with van der Waals surface area (Å²) in [7, 11) is 0. The summed E-state index contributed by atoms with van der Waals surface area (Å²) >= 11 is 3.30. The van der Waals surface area contributed by atoms with E-state index in [1.165, 1.54) is 0 Å². The quantitative estimate of drug-likeness (QED) is 0.734. The molecule has 0 spiro atoms. The van der Waals surface area contributed by atoms with Crippen molar-refractivity contribution in [2.24, 2.45) is 0 Å². The van der Waals surface area contributed by atoms with Gasteiger partial charge in [-0.1, -0.05) is 6.92 Å². The Balaban J connectivity index is 1.68. The van der Waals surface area contributed by atoms with Crippen LogP contribution in [0, 0.1) is 0 Å². The van der Waals surface area contributed by atoms with E-state index in [1.807, 2.05) is 32.6 Å². The van der Waals surface area contributed by atoms with Crippen LogP contribution in [-0.4, -0.2) is 56.7 Å². The fourth-order valence-corrected chi connectivity index (χ4v) is 4.47. The minimum Gasteiger partial charge on any atom is -0.444 e. The van der Waals surface area contributed by atoms with E-state index in [1.54, 1.807) is 6.20 Å². The van der Waals surface area contributed by atoms with Gasteiger partial charge in [0.1, 0.15) is 15.9 Å². The number of aryl methyl sites for hydroxylation is 1. The third-order valence-corrected chi connectivity index (χ3v) is 5.96. The normalized spacial score (nSPS) is 21.7. The zero-order chi connectivity index (χ0) is 20.9. The number of aromatic amines is 1. The highest BCUT2D eigenvalue weighted by atomic mass is 79.9. The van der Waals surface area contributed by atoms with Gasteiger partial charge in [0.05, 0.1) is 12.2 Å². The molecular formula is C20H26BrN5O3. The number of piperazine rings is 1. The number of hydrogen-bond acceptors (Lipinski definition) is 6. The topological polar surface area (TPSA) is 91.4 Å². The second-order valence-corrected chi connectivity index (χ2v) is 9.42. The number of nitrogens with one attached hydrogen (secondary N) is 1. The second kappa shape index (κ2) is 7.27. The number of fused-ring (bicyclic) bond motifs is 2. The van der Waals surface area contributed by atoms with Gasteiger partial charge in [-0.25, -0.2) is 14.8 Å². The van der Waals surface area contributed by atoms with Gasteiger partial charge in [-0.05, 0) is 56.0 Å². The summed E-state index contributed by atoms with van der Waals surface area (Å²) in [4.78, 5) is 41.9. The third-order valence-electron chi connectivity index (χ3n) is 5.58. The molecule has 1 aliphatic carbocycles. The highest BCUT2D eigenvalue weighted by molar-refractivity contribution is 9.10. The first-order valence-electron chi connectivity index (χ1n) is 10.0. The molecule has 156 valence electrons. The van der Waals surface area contributed by atoms with Crippen molar-refractivity contribution in [3.05, 3.63) is 26.7 Å². The van der Waals surface area contributed by atoms with Gasteiger partial charge in [0.2, 0.25) is 5.43 Å². The molecule has 2 fully saturated rings. The lowest BCUT2D eigenvalue weighted by atomic mass is 9.81. The van der Waals surface area contributed by atoms with Gasteiger partial charge < -0.3 is 19.5 Å². The van der Waals surface area contributed by atoms with Crippen molar-refractivity contribution in [3.8, 4) is 0 Å². The molecule has 0 radical (unpaired) electrons. The number of nitrogens with zero attached hydrogens (tertiary/aromatic N) is 4. The molecule has 1 aliphatic heterocycles. The summed E-state index contributed by atoms with van der Waals surface area (Å²) in [6.45, 7) is 8.76. The van der Waals surface area contributed by atoms with Crippen molar-refractivity contribution < 1.29 is 9.53 Å². The highest BCUT2D eigenvalue weighted by Crippen LogP contribution is 2.37. The zero-order valence-electron chi connectivity index (χ0n) is 17.2. The van der Waals surface area contributed by atoms with Crippen LogP contribution in [0.25, 0.3) is 11.2 Å². The maximum absolute atomic E-state index is 13.3. The number of hydrogen-bond donors (Lipinski definition) is 1. The Bertz CT molecular complexity index is 1020. The van der Waals surface area contributed by atoms with E-state index in [-0.39, 0.29) is 23.6 Å². The maximum atomic E-state index is 13.3. The summed E-state index contributed by atoms with van der Waals surface area (Å²) in [6.07, 6.45) is 3.85. The molecule has 2 aromatic rings. The molecular weight excluding hydrogens is 438 g/mol. The Morgan fingerprint density at radius 1 is 1.31 bits per heavy atom. The Morgan fingerprint density at radius 3 is 2.66 bits per heavy atom. The molecule has 2 aliphatic rings. The largest absolute Gasteiger partial charge is 0.444 e. The number of aromatic nitrogens is 3. The molecule has 0 bridgehead atoms. The van der Waals surface area contributed by atoms with Crippen LogP contribution in [0.3, 0.4) is 0 Å². The predicted octanol–water partition coefficient (Wildman–Crippen LogP) is 3.23. The van der Waals surface area contributed by atoms with Crippen LogP contribution in [0.15, 0.2) is 15.6 Å². The van der Waals surface area contributed by atoms with Gasteiger partial charge in [-0.3, -0.25) is 4.79 Å². The lowest BCUT2D eigenvalue weighted by Crippen LogP contribution is -2.67. The van der Waals surface area contributed by atoms with E-state index < -0.39 is 5.60 Å². The number of amides is 1. The molecule has 9 heteroatoms. The van der Waals surface area contributed by atoms with E-state index in [0.29, 0.717) is 41.0 Å². The Morgan fingerprint density at radius 2 is 2.03 bits per heavy atom. The van der Waals surface area contributed by atoms with E-state index in [9.17, 15) is 9.59 Å². The average Bonchev–Trinajstić information content (AvgIpc) is 2.61. The number of anilines is 1. The van der Waals surface area contributed by atoms with Crippen LogP contribution in [-0.2, 0) is 11.2 Å². The summed E-state index contributed by atoms with van der Waals surface area (Å²) in [6, 6.07) is 0.173. The van der Waals surface area contributed by atoms with Crippen LogP contribution < -0.4 is 10.3 Å². The smallest absolute Gasteiger partial charge is 0.410 e. The molecule has 2 unspecified atom stereocenters. The van der Waals surface area contributed by atoms with Crippen molar-refractivity contribution in [2.75, 3.05) is 18.0 Å². The highest BCUT2D eigenvalue weighted by Gasteiger charge is 2.47. The lowest BCUT2D eigenvalue weighted by molar-refractivity contribution is -0.00449. The number of H-pyrrole nitrogens is 1. The van der Waals surface area contributed by atoms with E-state index in [4.69, 9.17) is 4.74 Å². The summed E-state index contributed by atoms with van der Waals surface area (Å²) < 4.78 is 6.12. The van der Waals surface area contributed by atoms with E-state index >= 15 is 0 Å². The lowest BCUT2D eigenvalue weighted by Gasteiger charge is -2.54. The van der Waals surface area contributed by atoms with Gasteiger partial charge in [0.25, 0.3) is 0 Å². The number of carbonyl (C=O) groups is 1. The first-order valence-corrected chi connectivity index (χ1v) is 10.8. The molecule has 4 rings (SSSR count). The van der Waals surface area contributed by atoms with Crippen LogP contribution in [0.2, 0.25) is 0 Å². The predicted molar refractivity (Wildman–Crippen MR) is 114 cm³/mol. The van der Waals surface area contributed by atoms with Gasteiger partial charge in [-0.2, -0.15) is 0 Å². The van der Waals surface area contributed by atoms with Crippen molar-refractivity contribution in [1.29, 1.82) is 0 Å². The van der Waals surface area contributed by atoms with Gasteiger partial charge in [0, 0.05) is 24.8 Å². The number of carbonyl (C=O) groups excluding carboxylic acids is 1. The van der Waals surface area contributed by atoms with Gasteiger partial charge in [-0.15, -0.1) is 0 Å². The minimum atomic E-state index is -0.523. The maximum Gasteiger partial charge on any atom is 0.410 e. The van der Waals surface area contributed by atoms with Crippen molar-refractivity contribution >= 4 is 38.9 Å². The van der Waals surface area contributed by atoms with Crippen LogP contribution >= 0.6 is 15.9 Å². The summed E-state index contributed by atoms with van der Waals surface area (Å²) in [5, 5.41) is 0. The molecule has 2 aromatic heterocycles. The fourth-order valence-electron chi connectivity index (χ4n) is 4.19. The molecule has 1 amide bonds. The SMILES string of the molecule is CCc1[nH]c2ncc(Br)nc2c(=O)c1N1CCN(C(=O)OC(C)(C)C)C2CCC21. The monoisotopic (exact) mass is 463 g/mol. The van der Waals surface area contributed by atoms with Gasteiger partial charge >= 0.3 is 6.09 Å². The first-order chi connectivity index (χ1) is 13.7. The molecule has 0 aromatic carbocycles. The Kier molecular flexibility index (Phi) is 5.04. The van der Waals surface area contributed by atoms with E-state index in [0.717, 1.165) is 18.5 Å². The van der Waals surface area contributed by atoms with Gasteiger partial charge in [0.15, 0.2) is 11.2 Å².